The predicted molar refractivity (Wildman–Crippen MR) is 106 cm³/mol. The molecule has 2 heterocycles. The van der Waals surface area contributed by atoms with E-state index < -0.39 is 20.0 Å². The number of para-hydroxylation sites is 1. The summed E-state index contributed by atoms with van der Waals surface area (Å²) in [5.74, 6) is 0.134. The van der Waals surface area contributed by atoms with E-state index in [1.54, 1.807) is 12.1 Å². The molecule has 0 N–H and O–H groups in total. The van der Waals surface area contributed by atoms with Crippen LogP contribution in [0.3, 0.4) is 0 Å². The van der Waals surface area contributed by atoms with E-state index >= 15 is 0 Å². The second kappa shape index (κ2) is 6.53. The molecule has 8 heteroatoms. The van der Waals surface area contributed by atoms with Gasteiger partial charge in [-0.3, -0.25) is 8.61 Å². The van der Waals surface area contributed by atoms with Crippen LogP contribution in [0.1, 0.15) is 25.3 Å². The fourth-order valence-electron chi connectivity index (χ4n) is 3.88. The van der Waals surface area contributed by atoms with Crippen LogP contribution in [0.4, 0.5) is 11.4 Å². The number of hydrogen-bond acceptors (Lipinski definition) is 4. The largest absolute Gasteiger partial charge is 0.270 e. The lowest BCUT2D eigenvalue weighted by Gasteiger charge is -2.29. The Morgan fingerprint density at radius 3 is 2.41 bits per heavy atom. The lowest BCUT2D eigenvalue weighted by atomic mass is 10.1. The van der Waals surface area contributed by atoms with Crippen molar-refractivity contribution in [2.45, 2.75) is 37.1 Å². The van der Waals surface area contributed by atoms with Gasteiger partial charge >= 0.3 is 0 Å². The number of rotatable bonds is 3. The zero-order chi connectivity index (χ0) is 19.2. The van der Waals surface area contributed by atoms with Gasteiger partial charge in [-0.05, 0) is 62.1 Å². The molecule has 0 amide bonds. The van der Waals surface area contributed by atoms with Crippen molar-refractivity contribution >= 4 is 31.4 Å². The van der Waals surface area contributed by atoms with Crippen molar-refractivity contribution in [1.29, 1.82) is 0 Å². The van der Waals surface area contributed by atoms with E-state index in [0.29, 0.717) is 30.8 Å². The van der Waals surface area contributed by atoms with Gasteiger partial charge in [-0.25, -0.2) is 16.8 Å². The maximum absolute atomic E-state index is 13.2. The average molecular weight is 407 g/mol. The SMILES string of the molecule is C[C@@H]1Cc2ccccc2N1S(=O)(=O)c1ccc(N2CCCCS2(=O)=O)cc1. The normalized spacial score (nSPS) is 21.9. The van der Waals surface area contributed by atoms with Crippen LogP contribution in [0.15, 0.2) is 53.4 Å². The minimum absolute atomic E-state index is 0.134. The highest BCUT2D eigenvalue weighted by molar-refractivity contribution is 7.93. The van der Waals surface area contributed by atoms with E-state index in [1.807, 2.05) is 31.2 Å². The molecule has 2 aliphatic heterocycles. The van der Waals surface area contributed by atoms with E-state index in [2.05, 4.69) is 0 Å². The van der Waals surface area contributed by atoms with Crippen molar-refractivity contribution in [2.24, 2.45) is 0 Å². The van der Waals surface area contributed by atoms with Crippen LogP contribution >= 0.6 is 0 Å². The van der Waals surface area contributed by atoms with Crippen molar-refractivity contribution in [3.05, 3.63) is 54.1 Å². The number of hydrogen-bond donors (Lipinski definition) is 0. The quantitative estimate of drug-likeness (QED) is 0.786. The van der Waals surface area contributed by atoms with Gasteiger partial charge in [-0.1, -0.05) is 18.2 Å². The van der Waals surface area contributed by atoms with Crippen LogP contribution in [0.25, 0.3) is 0 Å². The Labute approximate surface area is 160 Å². The zero-order valence-corrected chi connectivity index (χ0v) is 16.7. The summed E-state index contributed by atoms with van der Waals surface area (Å²) in [5.41, 5.74) is 2.25. The summed E-state index contributed by atoms with van der Waals surface area (Å²) >= 11 is 0. The van der Waals surface area contributed by atoms with Crippen molar-refractivity contribution in [1.82, 2.24) is 0 Å². The smallest absolute Gasteiger partial charge is 0.264 e. The molecule has 0 radical (unpaired) electrons. The van der Waals surface area contributed by atoms with Gasteiger partial charge in [0.2, 0.25) is 10.0 Å². The van der Waals surface area contributed by atoms with E-state index in [4.69, 9.17) is 0 Å². The number of nitrogens with zero attached hydrogens (tertiary/aromatic N) is 2. The minimum Gasteiger partial charge on any atom is -0.270 e. The van der Waals surface area contributed by atoms with Gasteiger partial charge < -0.3 is 0 Å². The highest BCUT2D eigenvalue weighted by Crippen LogP contribution is 2.37. The van der Waals surface area contributed by atoms with Crippen LogP contribution in [-0.2, 0) is 26.5 Å². The summed E-state index contributed by atoms with van der Waals surface area (Å²) in [6.07, 6.45) is 2.15. The molecule has 4 rings (SSSR count). The molecule has 27 heavy (non-hydrogen) atoms. The molecule has 0 aromatic heterocycles. The van der Waals surface area contributed by atoms with Gasteiger partial charge in [-0.15, -0.1) is 0 Å². The Kier molecular flexibility index (Phi) is 4.43. The molecule has 1 atom stereocenters. The molecule has 0 unspecified atom stereocenters. The highest BCUT2D eigenvalue weighted by Gasteiger charge is 2.36. The number of benzene rings is 2. The first-order valence-corrected chi connectivity index (χ1v) is 12.1. The molecule has 6 nitrogen and oxygen atoms in total. The molecular weight excluding hydrogens is 384 g/mol. The highest BCUT2D eigenvalue weighted by atomic mass is 32.2. The number of anilines is 2. The van der Waals surface area contributed by atoms with Crippen molar-refractivity contribution in [3.63, 3.8) is 0 Å². The van der Waals surface area contributed by atoms with Gasteiger partial charge in [0.25, 0.3) is 10.0 Å². The van der Waals surface area contributed by atoms with Crippen LogP contribution < -0.4 is 8.61 Å². The molecule has 1 fully saturated rings. The van der Waals surface area contributed by atoms with Gasteiger partial charge in [0, 0.05) is 12.6 Å². The number of sulfonamides is 2. The Morgan fingerprint density at radius 1 is 1.00 bits per heavy atom. The third-order valence-electron chi connectivity index (χ3n) is 5.18. The van der Waals surface area contributed by atoms with Crippen molar-refractivity contribution < 1.29 is 16.8 Å². The lowest BCUT2D eigenvalue weighted by Crippen LogP contribution is -2.38. The summed E-state index contributed by atoms with van der Waals surface area (Å²) in [6, 6.07) is 13.5. The molecule has 0 saturated carbocycles. The molecular formula is C19H22N2O4S2. The third-order valence-corrected chi connectivity index (χ3v) is 8.99. The van der Waals surface area contributed by atoms with Gasteiger partial charge in [-0.2, -0.15) is 0 Å². The summed E-state index contributed by atoms with van der Waals surface area (Å²) in [7, 11) is -7.03. The van der Waals surface area contributed by atoms with E-state index in [-0.39, 0.29) is 16.7 Å². The van der Waals surface area contributed by atoms with Gasteiger partial charge in [0.05, 0.1) is 22.0 Å². The fraction of sp³-hybridized carbons (Fsp3) is 0.368. The van der Waals surface area contributed by atoms with Crippen LogP contribution in [0, 0.1) is 0 Å². The van der Waals surface area contributed by atoms with Gasteiger partial charge in [0.1, 0.15) is 0 Å². The van der Waals surface area contributed by atoms with Crippen molar-refractivity contribution in [2.75, 3.05) is 20.9 Å². The van der Waals surface area contributed by atoms with Gasteiger partial charge in [0.15, 0.2) is 0 Å². The van der Waals surface area contributed by atoms with E-state index in [1.165, 1.54) is 20.7 Å². The minimum atomic E-state index is -3.71. The molecule has 2 aromatic rings. The molecule has 1 saturated heterocycles. The Hall–Kier alpha value is -2.06. The molecule has 0 aliphatic carbocycles. The Bertz CT molecular complexity index is 1060. The summed E-state index contributed by atoms with van der Waals surface area (Å²) < 4.78 is 53.8. The lowest BCUT2D eigenvalue weighted by molar-refractivity contribution is 0.574. The third kappa shape index (κ3) is 3.10. The predicted octanol–water partition coefficient (Wildman–Crippen LogP) is 2.76. The first-order chi connectivity index (χ1) is 12.8. The molecule has 2 aromatic carbocycles. The maximum atomic E-state index is 13.2. The van der Waals surface area contributed by atoms with E-state index in [0.717, 1.165) is 12.0 Å². The second-order valence-corrected chi connectivity index (χ2v) is 10.9. The van der Waals surface area contributed by atoms with Crippen LogP contribution in [0.2, 0.25) is 0 Å². The Balaban J connectivity index is 1.68. The topological polar surface area (TPSA) is 74.8 Å². The van der Waals surface area contributed by atoms with E-state index in [9.17, 15) is 16.8 Å². The molecule has 2 aliphatic rings. The summed E-state index contributed by atoms with van der Waals surface area (Å²) in [6.45, 7) is 2.33. The summed E-state index contributed by atoms with van der Waals surface area (Å²) in [5, 5.41) is 0. The summed E-state index contributed by atoms with van der Waals surface area (Å²) in [4.78, 5) is 0.171. The zero-order valence-electron chi connectivity index (χ0n) is 15.1. The molecule has 0 bridgehead atoms. The first-order valence-electron chi connectivity index (χ1n) is 9.03. The molecule has 0 spiro atoms. The first kappa shape index (κ1) is 18.3. The Morgan fingerprint density at radius 2 is 1.70 bits per heavy atom. The maximum Gasteiger partial charge on any atom is 0.264 e. The standard InChI is InChI=1S/C19H22N2O4S2/c1-15-14-16-6-2-3-7-19(16)21(15)27(24,25)18-10-8-17(9-11-18)20-12-4-5-13-26(20,22)23/h2-3,6-11,15H,4-5,12-14H2,1H3/t15-/m1/s1. The molecule has 144 valence electrons. The monoisotopic (exact) mass is 406 g/mol. The van der Waals surface area contributed by atoms with Crippen molar-refractivity contribution in [3.8, 4) is 0 Å². The fourth-order valence-corrected chi connectivity index (χ4v) is 7.21. The number of fused-ring (bicyclic) bond motifs is 1. The average Bonchev–Trinajstić information content (AvgIpc) is 2.98. The van der Waals surface area contributed by atoms with Crippen LogP contribution in [0.5, 0.6) is 0 Å². The van der Waals surface area contributed by atoms with Crippen LogP contribution in [-0.4, -0.2) is 35.2 Å². The second-order valence-electron chi connectivity index (χ2n) is 7.07.